The number of benzene rings is 6. The third-order valence-electron chi connectivity index (χ3n) is 8.56. The molecule has 8 rings (SSSR count). The average molecular weight is 485 g/mol. The molecule has 1 heterocycles. The average Bonchev–Trinajstić information content (AvgIpc) is 3.26. The van der Waals surface area contributed by atoms with E-state index in [0.717, 1.165) is 5.69 Å². The number of aromatic nitrogens is 1. The maximum atomic E-state index is 9.42. The maximum absolute atomic E-state index is 9.42. The second-order valence-electron chi connectivity index (χ2n) is 10.9. The molecule has 1 aromatic heterocycles. The Morgan fingerprint density at radius 1 is 0.632 bits per heavy atom. The fourth-order valence-electron chi connectivity index (χ4n) is 6.78. The second kappa shape index (κ2) is 7.34. The van der Waals surface area contributed by atoms with Gasteiger partial charge < -0.3 is 4.57 Å². The van der Waals surface area contributed by atoms with Gasteiger partial charge in [0, 0.05) is 27.4 Å². The Bertz CT molecular complexity index is 2150. The first-order valence-electron chi connectivity index (χ1n) is 13.1. The highest BCUT2D eigenvalue weighted by Crippen LogP contribution is 2.53. The molecule has 0 amide bonds. The van der Waals surface area contributed by atoms with E-state index in [1.54, 1.807) is 0 Å². The Morgan fingerprint density at radius 3 is 2.08 bits per heavy atom. The van der Waals surface area contributed by atoms with Crippen LogP contribution in [0.3, 0.4) is 0 Å². The van der Waals surface area contributed by atoms with Crippen LogP contribution in [-0.2, 0) is 5.41 Å². The summed E-state index contributed by atoms with van der Waals surface area (Å²) in [5, 5.41) is 17.0. The SMILES string of the molecule is CC1(C)c2ccccc2-c2c3c1cccc3cc1c2c2cc3ccccc3cc2n1-c1ccc(C#N)cc1. The maximum Gasteiger partial charge on any atom is 0.0991 e. The lowest BCUT2D eigenvalue weighted by Gasteiger charge is -2.35. The molecule has 0 saturated carbocycles. The van der Waals surface area contributed by atoms with E-state index in [9.17, 15) is 5.26 Å². The highest BCUT2D eigenvalue weighted by atomic mass is 15.0. The lowest BCUT2D eigenvalue weighted by Crippen LogP contribution is -2.23. The lowest BCUT2D eigenvalue weighted by molar-refractivity contribution is 0.645. The van der Waals surface area contributed by atoms with Gasteiger partial charge in [0.15, 0.2) is 0 Å². The molecule has 38 heavy (non-hydrogen) atoms. The van der Waals surface area contributed by atoms with Crippen LogP contribution in [0.1, 0.15) is 30.5 Å². The van der Waals surface area contributed by atoms with Crippen molar-refractivity contribution < 1.29 is 0 Å². The zero-order chi connectivity index (χ0) is 25.6. The van der Waals surface area contributed by atoms with Crippen LogP contribution in [0.2, 0.25) is 0 Å². The molecule has 1 aliphatic rings. The minimum atomic E-state index is -0.0883. The first kappa shape index (κ1) is 21.2. The number of fused-ring (bicyclic) bond motifs is 7. The molecule has 2 heteroatoms. The third-order valence-corrected chi connectivity index (χ3v) is 8.56. The molecule has 7 aromatic rings. The molecular formula is C36H24N2. The van der Waals surface area contributed by atoms with Gasteiger partial charge in [0.2, 0.25) is 0 Å². The zero-order valence-corrected chi connectivity index (χ0v) is 21.3. The number of hydrogen-bond donors (Lipinski definition) is 0. The Balaban J connectivity index is 1.66. The van der Waals surface area contributed by atoms with Gasteiger partial charge >= 0.3 is 0 Å². The number of nitrogens with zero attached hydrogens (tertiary/aromatic N) is 2. The molecule has 0 saturated heterocycles. The van der Waals surface area contributed by atoms with Crippen molar-refractivity contribution in [1.29, 1.82) is 5.26 Å². The summed E-state index contributed by atoms with van der Waals surface area (Å²) in [6, 6.07) is 41.6. The van der Waals surface area contributed by atoms with Crippen LogP contribution in [0.5, 0.6) is 0 Å². The number of rotatable bonds is 1. The molecule has 0 atom stereocenters. The fourth-order valence-corrected chi connectivity index (χ4v) is 6.78. The lowest BCUT2D eigenvalue weighted by atomic mass is 9.68. The molecule has 0 aliphatic heterocycles. The molecule has 0 unspecified atom stereocenters. The molecule has 1 aliphatic carbocycles. The molecule has 0 N–H and O–H groups in total. The van der Waals surface area contributed by atoms with E-state index in [-0.39, 0.29) is 5.41 Å². The van der Waals surface area contributed by atoms with Gasteiger partial charge in [0.25, 0.3) is 0 Å². The fraction of sp³-hybridized carbons (Fsp3) is 0.0833. The number of nitriles is 1. The topological polar surface area (TPSA) is 28.7 Å². The smallest absolute Gasteiger partial charge is 0.0991 e. The van der Waals surface area contributed by atoms with E-state index in [1.165, 1.54) is 65.6 Å². The largest absolute Gasteiger partial charge is 0.309 e. The van der Waals surface area contributed by atoms with Crippen LogP contribution in [0, 0.1) is 11.3 Å². The van der Waals surface area contributed by atoms with Crippen LogP contribution in [0.4, 0.5) is 0 Å². The summed E-state index contributed by atoms with van der Waals surface area (Å²) in [7, 11) is 0. The van der Waals surface area contributed by atoms with Crippen LogP contribution >= 0.6 is 0 Å². The molecule has 0 bridgehead atoms. The highest BCUT2D eigenvalue weighted by molar-refractivity contribution is 6.26. The third kappa shape index (κ3) is 2.66. The summed E-state index contributed by atoms with van der Waals surface area (Å²) < 4.78 is 2.38. The van der Waals surface area contributed by atoms with Crippen LogP contribution in [0.15, 0.2) is 109 Å². The monoisotopic (exact) mass is 484 g/mol. The van der Waals surface area contributed by atoms with Crippen molar-refractivity contribution in [3.63, 3.8) is 0 Å². The van der Waals surface area contributed by atoms with Crippen molar-refractivity contribution in [1.82, 2.24) is 4.57 Å². The summed E-state index contributed by atoms with van der Waals surface area (Å²) in [6.07, 6.45) is 0. The summed E-state index contributed by atoms with van der Waals surface area (Å²) in [5.41, 5.74) is 9.41. The molecule has 0 fully saturated rings. The minimum Gasteiger partial charge on any atom is -0.309 e. The van der Waals surface area contributed by atoms with Crippen molar-refractivity contribution in [2.24, 2.45) is 0 Å². The predicted molar refractivity (Wildman–Crippen MR) is 158 cm³/mol. The van der Waals surface area contributed by atoms with Crippen molar-refractivity contribution in [2.45, 2.75) is 19.3 Å². The zero-order valence-electron chi connectivity index (χ0n) is 21.3. The first-order valence-corrected chi connectivity index (χ1v) is 13.1. The first-order chi connectivity index (χ1) is 18.6. The van der Waals surface area contributed by atoms with Gasteiger partial charge in [-0.3, -0.25) is 0 Å². The van der Waals surface area contributed by atoms with Crippen molar-refractivity contribution >= 4 is 43.4 Å². The van der Waals surface area contributed by atoms with Gasteiger partial charge in [0.1, 0.15) is 0 Å². The van der Waals surface area contributed by atoms with E-state index in [0.29, 0.717) is 5.56 Å². The van der Waals surface area contributed by atoms with Crippen molar-refractivity contribution in [2.75, 3.05) is 0 Å². The van der Waals surface area contributed by atoms with Crippen molar-refractivity contribution in [3.8, 4) is 22.9 Å². The van der Waals surface area contributed by atoms with E-state index in [1.807, 2.05) is 12.1 Å². The Kier molecular flexibility index (Phi) is 4.10. The van der Waals surface area contributed by atoms with Crippen LogP contribution in [-0.4, -0.2) is 4.57 Å². The molecule has 0 spiro atoms. The molecule has 6 aromatic carbocycles. The summed E-state index contributed by atoms with van der Waals surface area (Å²) in [6.45, 7) is 4.70. The van der Waals surface area contributed by atoms with Gasteiger partial charge in [-0.15, -0.1) is 0 Å². The quantitative estimate of drug-likeness (QED) is 0.228. The second-order valence-corrected chi connectivity index (χ2v) is 10.9. The van der Waals surface area contributed by atoms with Crippen LogP contribution < -0.4 is 0 Å². The molecular weight excluding hydrogens is 460 g/mol. The van der Waals surface area contributed by atoms with Gasteiger partial charge in [-0.05, 0) is 80.7 Å². The van der Waals surface area contributed by atoms with E-state index in [2.05, 4.69) is 122 Å². The van der Waals surface area contributed by atoms with Gasteiger partial charge in [-0.1, -0.05) is 80.6 Å². The van der Waals surface area contributed by atoms with Gasteiger partial charge in [-0.2, -0.15) is 5.26 Å². The van der Waals surface area contributed by atoms with Crippen LogP contribution in [0.25, 0.3) is 60.2 Å². The summed E-state index contributed by atoms with van der Waals surface area (Å²) in [5.74, 6) is 0. The van der Waals surface area contributed by atoms with Gasteiger partial charge in [-0.25, -0.2) is 0 Å². The van der Waals surface area contributed by atoms with E-state index >= 15 is 0 Å². The standard InChI is InChI=1S/C36H24N2/c1-36(2)29-12-6-5-11-27(29)35-33-25(10-7-13-30(33)36)20-32-34(35)28-18-23-8-3-4-9-24(23)19-31(28)38(32)26-16-14-22(21-37)15-17-26/h3-20H,1-2H3. The normalized spacial score (nSPS) is 13.7. The number of hydrogen-bond acceptors (Lipinski definition) is 1. The van der Waals surface area contributed by atoms with E-state index in [4.69, 9.17) is 0 Å². The molecule has 2 nitrogen and oxygen atoms in total. The summed E-state index contributed by atoms with van der Waals surface area (Å²) >= 11 is 0. The highest BCUT2D eigenvalue weighted by Gasteiger charge is 2.35. The molecule has 0 radical (unpaired) electrons. The Morgan fingerprint density at radius 2 is 1.29 bits per heavy atom. The summed E-state index contributed by atoms with van der Waals surface area (Å²) in [4.78, 5) is 0. The Hall–Kier alpha value is -4.87. The molecule has 178 valence electrons. The van der Waals surface area contributed by atoms with Gasteiger partial charge in [0.05, 0.1) is 22.7 Å². The Labute approximate surface area is 221 Å². The minimum absolute atomic E-state index is 0.0883. The van der Waals surface area contributed by atoms with E-state index < -0.39 is 0 Å². The predicted octanol–water partition coefficient (Wildman–Crippen LogP) is 9.27. The van der Waals surface area contributed by atoms with Crippen molar-refractivity contribution in [3.05, 3.63) is 126 Å².